The number of methoxy groups -OCH3 is 1. The Balaban J connectivity index is 1.70. The molecule has 0 saturated carbocycles. The molecule has 1 aliphatic heterocycles. The molecule has 1 aromatic carbocycles. The van der Waals surface area contributed by atoms with Crippen LogP contribution in [0.1, 0.15) is 31.6 Å². The summed E-state index contributed by atoms with van der Waals surface area (Å²) in [5.74, 6) is 1.59. The molecule has 2 aromatic rings. The lowest BCUT2D eigenvalue weighted by molar-refractivity contribution is 0.371. The summed E-state index contributed by atoms with van der Waals surface area (Å²) in [6.07, 6.45) is 5.88. The molecule has 1 saturated heterocycles. The summed E-state index contributed by atoms with van der Waals surface area (Å²) in [5, 5.41) is 3.55. The van der Waals surface area contributed by atoms with Crippen LogP contribution in [0.3, 0.4) is 0 Å². The minimum Gasteiger partial charge on any atom is -0.494 e. The predicted octanol–water partition coefficient (Wildman–Crippen LogP) is 2.91. The summed E-state index contributed by atoms with van der Waals surface area (Å²) in [6.45, 7) is 1.14. The van der Waals surface area contributed by atoms with Gasteiger partial charge in [0.1, 0.15) is 5.75 Å². The lowest BCUT2D eigenvalue weighted by atomic mass is 10.0. The van der Waals surface area contributed by atoms with Crippen molar-refractivity contribution in [3.63, 3.8) is 0 Å². The molecule has 0 amide bonds. The first kappa shape index (κ1) is 12.5. The van der Waals surface area contributed by atoms with Gasteiger partial charge in [-0.2, -0.15) is 0 Å². The summed E-state index contributed by atoms with van der Waals surface area (Å²) in [6, 6.07) is 6.40. The minimum absolute atomic E-state index is 0.616. The van der Waals surface area contributed by atoms with Crippen molar-refractivity contribution in [2.24, 2.45) is 0 Å². The quantitative estimate of drug-likeness (QED) is 0.918. The molecule has 102 valence electrons. The summed E-state index contributed by atoms with van der Waals surface area (Å²) < 4.78 is 11.1. The lowest BCUT2D eigenvalue weighted by Gasteiger charge is -2.22. The van der Waals surface area contributed by atoms with E-state index in [1.54, 1.807) is 7.11 Å². The van der Waals surface area contributed by atoms with E-state index in [9.17, 15) is 0 Å². The predicted molar refractivity (Wildman–Crippen MR) is 74.5 cm³/mol. The van der Waals surface area contributed by atoms with Crippen LogP contribution in [-0.2, 0) is 6.42 Å². The fourth-order valence-corrected chi connectivity index (χ4v) is 2.71. The van der Waals surface area contributed by atoms with Crippen molar-refractivity contribution in [2.75, 3.05) is 13.7 Å². The Bertz CT molecular complexity index is 544. The van der Waals surface area contributed by atoms with E-state index in [2.05, 4.69) is 10.3 Å². The van der Waals surface area contributed by atoms with Crippen LogP contribution in [0.2, 0.25) is 0 Å². The average Bonchev–Trinajstić information content (AvgIpc) is 2.89. The number of nitrogens with one attached hydrogen (secondary N) is 1. The maximum Gasteiger partial charge on any atom is 0.195 e. The molecule has 1 aromatic heterocycles. The Morgan fingerprint density at radius 3 is 3.16 bits per heavy atom. The van der Waals surface area contributed by atoms with E-state index < -0.39 is 0 Å². The Morgan fingerprint density at radius 2 is 2.37 bits per heavy atom. The first-order valence-electron chi connectivity index (χ1n) is 7.02. The van der Waals surface area contributed by atoms with Gasteiger partial charge in [-0.3, -0.25) is 0 Å². The molecule has 0 spiro atoms. The molecule has 4 heteroatoms. The molecule has 0 aliphatic carbocycles. The van der Waals surface area contributed by atoms with Crippen LogP contribution >= 0.6 is 0 Å². The van der Waals surface area contributed by atoms with Gasteiger partial charge in [0.05, 0.1) is 7.11 Å². The van der Waals surface area contributed by atoms with E-state index in [-0.39, 0.29) is 0 Å². The molecule has 1 fully saturated rings. The van der Waals surface area contributed by atoms with Crippen molar-refractivity contribution < 1.29 is 9.15 Å². The number of aromatic nitrogens is 1. The standard InChI is InChI=1S/C15H20N2O2/c1-18-12-6-4-7-13-15(12)17-14(19-13)9-8-11-5-2-3-10-16-11/h4,6-7,11,16H,2-3,5,8-10H2,1H3. The van der Waals surface area contributed by atoms with Crippen LogP contribution in [-0.4, -0.2) is 24.7 Å². The Hall–Kier alpha value is -1.55. The zero-order chi connectivity index (χ0) is 13.1. The smallest absolute Gasteiger partial charge is 0.195 e. The van der Waals surface area contributed by atoms with Crippen LogP contribution in [0.4, 0.5) is 0 Å². The maximum atomic E-state index is 5.78. The van der Waals surface area contributed by atoms with Gasteiger partial charge < -0.3 is 14.5 Å². The van der Waals surface area contributed by atoms with Crippen molar-refractivity contribution in [3.8, 4) is 5.75 Å². The van der Waals surface area contributed by atoms with E-state index in [0.717, 1.165) is 42.1 Å². The van der Waals surface area contributed by atoms with Gasteiger partial charge >= 0.3 is 0 Å². The SMILES string of the molecule is COc1cccc2oc(CCC3CCCCN3)nc12. The van der Waals surface area contributed by atoms with E-state index in [1.807, 2.05) is 18.2 Å². The third kappa shape index (κ3) is 2.73. The second-order valence-corrected chi connectivity index (χ2v) is 5.10. The van der Waals surface area contributed by atoms with Crippen LogP contribution in [0.15, 0.2) is 22.6 Å². The number of hydrogen-bond donors (Lipinski definition) is 1. The second-order valence-electron chi connectivity index (χ2n) is 5.10. The van der Waals surface area contributed by atoms with Gasteiger partial charge in [0, 0.05) is 12.5 Å². The van der Waals surface area contributed by atoms with Crippen LogP contribution in [0.5, 0.6) is 5.75 Å². The Morgan fingerprint density at radius 1 is 1.42 bits per heavy atom. The topological polar surface area (TPSA) is 47.3 Å². The normalized spacial score (nSPS) is 19.7. The zero-order valence-corrected chi connectivity index (χ0v) is 11.3. The van der Waals surface area contributed by atoms with E-state index in [1.165, 1.54) is 19.3 Å². The number of para-hydroxylation sites is 1. The lowest BCUT2D eigenvalue weighted by Crippen LogP contribution is -2.34. The molecule has 1 atom stereocenters. The Labute approximate surface area is 113 Å². The van der Waals surface area contributed by atoms with Crippen LogP contribution < -0.4 is 10.1 Å². The number of hydrogen-bond acceptors (Lipinski definition) is 4. The third-order valence-electron chi connectivity index (χ3n) is 3.77. The number of rotatable bonds is 4. The molecule has 1 unspecified atom stereocenters. The van der Waals surface area contributed by atoms with Gasteiger partial charge in [-0.25, -0.2) is 4.98 Å². The fraction of sp³-hybridized carbons (Fsp3) is 0.533. The van der Waals surface area contributed by atoms with Gasteiger partial charge in [0.25, 0.3) is 0 Å². The summed E-state index contributed by atoms with van der Waals surface area (Å²) in [5.41, 5.74) is 1.64. The molecule has 19 heavy (non-hydrogen) atoms. The van der Waals surface area contributed by atoms with Crippen molar-refractivity contribution in [1.29, 1.82) is 0 Å². The van der Waals surface area contributed by atoms with Crippen molar-refractivity contribution >= 4 is 11.1 Å². The molecule has 2 heterocycles. The highest BCUT2D eigenvalue weighted by atomic mass is 16.5. The highest BCUT2D eigenvalue weighted by Gasteiger charge is 2.15. The molecule has 1 aliphatic rings. The number of nitrogens with zero attached hydrogens (tertiary/aromatic N) is 1. The number of benzene rings is 1. The Kier molecular flexibility index (Phi) is 3.69. The van der Waals surface area contributed by atoms with E-state index in [4.69, 9.17) is 9.15 Å². The highest BCUT2D eigenvalue weighted by Crippen LogP contribution is 2.26. The van der Waals surface area contributed by atoms with Crippen LogP contribution in [0, 0.1) is 0 Å². The number of ether oxygens (including phenoxy) is 1. The van der Waals surface area contributed by atoms with E-state index in [0.29, 0.717) is 6.04 Å². The molecular weight excluding hydrogens is 240 g/mol. The van der Waals surface area contributed by atoms with E-state index >= 15 is 0 Å². The monoisotopic (exact) mass is 260 g/mol. The van der Waals surface area contributed by atoms with Gasteiger partial charge in [0.15, 0.2) is 17.0 Å². The highest BCUT2D eigenvalue weighted by molar-refractivity contribution is 5.79. The molecular formula is C15H20N2O2. The van der Waals surface area contributed by atoms with Gasteiger partial charge in [-0.1, -0.05) is 12.5 Å². The number of fused-ring (bicyclic) bond motifs is 1. The molecule has 4 nitrogen and oxygen atoms in total. The summed E-state index contributed by atoms with van der Waals surface area (Å²) >= 11 is 0. The molecule has 0 bridgehead atoms. The van der Waals surface area contributed by atoms with Gasteiger partial charge in [-0.15, -0.1) is 0 Å². The second kappa shape index (κ2) is 5.61. The number of aryl methyl sites for hydroxylation is 1. The first-order valence-corrected chi connectivity index (χ1v) is 7.02. The summed E-state index contributed by atoms with van der Waals surface area (Å²) in [7, 11) is 1.66. The van der Waals surface area contributed by atoms with Crippen molar-refractivity contribution in [2.45, 2.75) is 38.1 Å². The number of oxazole rings is 1. The largest absolute Gasteiger partial charge is 0.494 e. The molecule has 0 radical (unpaired) electrons. The fourth-order valence-electron chi connectivity index (χ4n) is 2.71. The minimum atomic E-state index is 0.616. The maximum absolute atomic E-state index is 5.78. The van der Waals surface area contributed by atoms with Gasteiger partial charge in [0.2, 0.25) is 0 Å². The molecule has 3 rings (SSSR count). The van der Waals surface area contributed by atoms with Crippen molar-refractivity contribution in [1.82, 2.24) is 10.3 Å². The first-order chi connectivity index (χ1) is 9.36. The summed E-state index contributed by atoms with van der Waals surface area (Å²) in [4.78, 5) is 4.55. The van der Waals surface area contributed by atoms with Crippen molar-refractivity contribution in [3.05, 3.63) is 24.1 Å². The zero-order valence-electron chi connectivity index (χ0n) is 11.3. The third-order valence-corrected chi connectivity index (χ3v) is 3.77. The average molecular weight is 260 g/mol. The molecule has 1 N–H and O–H groups in total. The number of piperidine rings is 1. The van der Waals surface area contributed by atoms with Crippen LogP contribution in [0.25, 0.3) is 11.1 Å². The van der Waals surface area contributed by atoms with Gasteiger partial charge in [-0.05, 0) is 37.9 Å².